The molecule has 114 valence electrons. The van der Waals surface area contributed by atoms with Crippen LogP contribution in [-0.2, 0) is 19.1 Å². The van der Waals surface area contributed by atoms with Gasteiger partial charge >= 0.3 is 11.9 Å². The molecule has 0 spiro atoms. The van der Waals surface area contributed by atoms with Crippen molar-refractivity contribution in [3.8, 4) is 0 Å². The Morgan fingerprint density at radius 1 is 1.14 bits per heavy atom. The van der Waals surface area contributed by atoms with E-state index in [1.165, 1.54) is 14.2 Å². The number of benzene rings is 1. The summed E-state index contributed by atoms with van der Waals surface area (Å²) in [5, 5.41) is 11.2. The van der Waals surface area contributed by atoms with E-state index in [1.54, 1.807) is 0 Å². The first-order valence-corrected chi connectivity index (χ1v) is 6.69. The molecule has 0 bridgehead atoms. The Balaban J connectivity index is 2.36. The Morgan fingerprint density at radius 2 is 1.71 bits per heavy atom. The lowest BCUT2D eigenvalue weighted by Crippen LogP contribution is -2.36. The molecule has 6 heteroatoms. The summed E-state index contributed by atoms with van der Waals surface area (Å²) in [5.41, 5.74) is 1.82. The van der Waals surface area contributed by atoms with E-state index in [1.807, 2.05) is 31.2 Å². The Labute approximate surface area is 123 Å². The molecule has 0 amide bonds. The van der Waals surface area contributed by atoms with Crippen molar-refractivity contribution in [2.75, 3.05) is 14.2 Å². The zero-order valence-corrected chi connectivity index (χ0v) is 12.3. The lowest BCUT2D eigenvalue weighted by atomic mass is 9.93. The van der Waals surface area contributed by atoms with Crippen molar-refractivity contribution < 1.29 is 24.3 Å². The molecule has 1 aromatic carbocycles. The van der Waals surface area contributed by atoms with E-state index in [2.05, 4.69) is 4.74 Å². The lowest BCUT2D eigenvalue weighted by molar-refractivity contribution is -0.177. The fraction of sp³-hybridized carbons (Fsp3) is 0.467. The molecule has 0 radical (unpaired) electrons. The van der Waals surface area contributed by atoms with E-state index in [-0.39, 0.29) is 6.42 Å². The number of rotatable bonds is 3. The number of nitrogens with zero attached hydrogens (tertiary/aromatic N) is 1. The second-order valence-corrected chi connectivity index (χ2v) is 5.14. The van der Waals surface area contributed by atoms with Gasteiger partial charge in [0.25, 0.3) is 0 Å². The summed E-state index contributed by atoms with van der Waals surface area (Å²) in [6.07, 6.45) is 0.161. The predicted molar refractivity (Wildman–Crippen MR) is 73.5 cm³/mol. The van der Waals surface area contributed by atoms with Crippen molar-refractivity contribution >= 4 is 11.9 Å². The highest BCUT2D eigenvalue weighted by Crippen LogP contribution is 2.40. The molecule has 1 aliphatic heterocycles. The molecule has 6 nitrogen and oxygen atoms in total. The van der Waals surface area contributed by atoms with Crippen LogP contribution in [0.1, 0.15) is 23.6 Å². The zero-order valence-electron chi connectivity index (χ0n) is 12.3. The summed E-state index contributed by atoms with van der Waals surface area (Å²) in [4.78, 5) is 23.7. The van der Waals surface area contributed by atoms with E-state index in [0.717, 1.165) is 16.2 Å². The van der Waals surface area contributed by atoms with Crippen LogP contribution in [0.25, 0.3) is 0 Å². The van der Waals surface area contributed by atoms with E-state index >= 15 is 0 Å². The number of hydroxylamine groups is 2. The standard InChI is InChI=1S/C15H19NO5/c1-9-4-6-10(7-5-9)13-11(14(17)20-2)8-12(16(13)19)15(18)21-3/h4-7,11-13,19H,8H2,1-3H3/t11-,12-,13+/m1/s1. The molecule has 0 aliphatic carbocycles. The van der Waals surface area contributed by atoms with Gasteiger partial charge in [0.15, 0.2) is 0 Å². The Bertz CT molecular complexity index is 527. The number of esters is 2. The molecular weight excluding hydrogens is 274 g/mol. The molecule has 1 saturated heterocycles. The topological polar surface area (TPSA) is 76.1 Å². The largest absolute Gasteiger partial charge is 0.469 e. The molecule has 0 aromatic heterocycles. The lowest BCUT2D eigenvalue weighted by Gasteiger charge is -2.24. The first-order chi connectivity index (χ1) is 9.99. The fourth-order valence-corrected chi connectivity index (χ4v) is 2.72. The van der Waals surface area contributed by atoms with Crippen LogP contribution in [0, 0.1) is 12.8 Å². The Morgan fingerprint density at radius 3 is 2.24 bits per heavy atom. The average Bonchev–Trinajstić information content (AvgIpc) is 2.84. The van der Waals surface area contributed by atoms with Gasteiger partial charge in [-0.2, -0.15) is 5.06 Å². The average molecular weight is 293 g/mol. The van der Waals surface area contributed by atoms with Gasteiger partial charge in [0.2, 0.25) is 0 Å². The molecule has 1 N–H and O–H groups in total. The number of carbonyl (C=O) groups is 2. The van der Waals surface area contributed by atoms with Crippen LogP contribution in [-0.4, -0.2) is 42.5 Å². The zero-order chi connectivity index (χ0) is 15.6. The van der Waals surface area contributed by atoms with Crippen LogP contribution in [0.2, 0.25) is 0 Å². The third-order valence-corrected chi connectivity index (χ3v) is 3.86. The SMILES string of the molecule is COC(=O)[C@H]1C[C@@H](C(=O)OC)[C@H](c2ccc(C)cc2)N1O. The van der Waals surface area contributed by atoms with E-state index in [4.69, 9.17) is 4.74 Å². The van der Waals surface area contributed by atoms with Crippen LogP contribution in [0.3, 0.4) is 0 Å². The number of aryl methyl sites for hydroxylation is 1. The fourth-order valence-electron chi connectivity index (χ4n) is 2.72. The number of ether oxygens (including phenoxy) is 2. The van der Waals surface area contributed by atoms with Gasteiger partial charge < -0.3 is 14.7 Å². The highest BCUT2D eigenvalue weighted by Gasteiger charge is 2.49. The minimum Gasteiger partial charge on any atom is -0.469 e. The van der Waals surface area contributed by atoms with Crippen LogP contribution in [0.5, 0.6) is 0 Å². The van der Waals surface area contributed by atoms with Crippen LogP contribution in [0.4, 0.5) is 0 Å². The normalized spacial score (nSPS) is 25.6. The second-order valence-electron chi connectivity index (χ2n) is 5.14. The van der Waals surface area contributed by atoms with E-state index in [0.29, 0.717) is 0 Å². The molecule has 0 unspecified atom stereocenters. The Hall–Kier alpha value is -1.92. The number of hydrogen-bond acceptors (Lipinski definition) is 6. The molecule has 1 aliphatic rings. The van der Waals surface area contributed by atoms with E-state index < -0.39 is 29.9 Å². The molecular formula is C15H19NO5. The molecule has 3 atom stereocenters. The van der Waals surface area contributed by atoms with Gasteiger partial charge in [-0.05, 0) is 18.9 Å². The van der Waals surface area contributed by atoms with Gasteiger partial charge in [-0.3, -0.25) is 9.59 Å². The Kier molecular flexibility index (Phi) is 4.59. The number of hydrogen-bond donors (Lipinski definition) is 1. The van der Waals surface area contributed by atoms with Crippen LogP contribution < -0.4 is 0 Å². The van der Waals surface area contributed by atoms with Crippen molar-refractivity contribution in [1.29, 1.82) is 0 Å². The highest BCUT2D eigenvalue weighted by atomic mass is 16.5. The highest BCUT2D eigenvalue weighted by molar-refractivity contribution is 5.80. The van der Waals surface area contributed by atoms with Gasteiger partial charge in [0, 0.05) is 0 Å². The summed E-state index contributed by atoms with van der Waals surface area (Å²) >= 11 is 0. The molecule has 1 fully saturated rings. The summed E-state index contributed by atoms with van der Waals surface area (Å²) in [7, 11) is 2.55. The van der Waals surface area contributed by atoms with Crippen molar-refractivity contribution in [1.82, 2.24) is 5.06 Å². The van der Waals surface area contributed by atoms with Crippen molar-refractivity contribution in [3.05, 3.63) is 35.4 Å². The second kappa shape index (κ2) is 6.24. The predicted octanol–water partition coefficient (Wildman–Crippen LogP) is 1.46. The quantitative estimate of drug-likeness (QED) is 0.850. The van der Waals surface area contributed by atoms with Gasteiger partial charge in [-0.25, -0.2) is 0 Å². The molecule has 0 saturated carbocycles. The summed E-state index contributed by atoms with van der Waals surface area (Å²) in [6, 6.07) is 5.96. The minimum absolute atomic E-state index is 0.161. The minimum atomic E-state index is -0.870. The molecule has 2 rings (SSSR count). The van der Waals surface area contributed by atoms with Crippen molar-refractivity contribution in [2.24, 2.45) is 5.92 Å². The third kappa shape index (κ3) is 2.91. The van der Waals surface area contributed by atoms with E-state index in [9.17, 15) is 14.8 Å². The monoisotopic (exact) mass is 293 g/mol. The van der Waals surface area contributed by atoms with Gasteiger partial charge in [0.05, 0.1) is 26.2 Å². The smallest absolute Gasteiger partial charge is 0.325 e. The van der Waals surface area contributed by atoms with Gasteiger partial charge in [-0.1, -0.05) is 29.8 Å². The van der Waals surface area contributed by atoms with Gasteiger partial charge in [0.1, 0.15) is 6.04 Å². The molecule has 1 heterocycles. The summed E-state index contributed by atoms with van der Waals surface area (Å²) in [6.45, 7) is 1.95. The molecule has 21 heavy (non-hydrogen) atoms. The van der Waals surface area contributed by atoms with Gasteiger partial charge in [-0.15, -0.1) is 0 Å². The van der Waals surface area contributed by atoms with Crippen molar-refractivity contribution in [3.63, 3.8) is 0 Å². The maximum absolute atomic E-state index is 12.0. The van der Waals surface area contributed by atoms with Crippen LogP contribution >= 0.6 is 0 Å². The number of carbonyl (C=O) groups excluding carboxylic acids is 2. The summed E-state index contributed by atoms with van der Waals surface area (Å²) < 4.78 is 9.47. The first kappa shape index (κ1) is 15.5. The van der Waals surface area contributed by atoms with Crippen molar-refractivity contribution in [2.45, 2.75) is 25.4 Å². The third-order valence-electron chi connectivity index (χ3n) is 3.86. The first-order valence-electron chi connectivity index (χ1n) is 6.69. The maximum Gasteiger partial charge on any atom is 0.325 e. The number of methoxy groups -OCH3 is 2. The summed E-state index contributed by atoms with van der Waals surface area (Å²) in [5.74, 6) is -1.64. The molecule has 1 aromatic rings. The van der Waals surface area contributed by atoms with Crippen LogP contribution in [0.15, 0.2) is 24.3 Å². The maximum atomic E-state index is 12.0.